The molecule has 0 saturated carbocycles. The van der Waals surface area contributed by atoms with Crippen LogP contribution in [0.2, 0.25) is 0 Å². The minimum atomic E-state index is -1.24. The van der Waals surface area contributed by atoms with Crippen molar-refractivity contribution in [3.63, 3.8) is 0 Å². The van der Waals surface area contributed by atoms with Gasteiger partial charge in [0.05, 0.1) is 12.6 Å². The van der Waals surface area contributed by atoms with E-state index in [0.717, 1.165) is 0 Å². The highest BCUT2D eigenvalue weighted by molar-refractivity contribution is 7.98. The summed E-state index contributed by atoms with van der Waals surface area (Å²) in [6.07, 6.45) is 2.42. The van der Waals surface area contributed by atoms with E-state index in [1.165, 1.54) is 12.1 Å². The van der Waals surface area contributed by atoms with Gasteiger partial charge in [0.25, 0.3) is 0 Å². The molecule has 1 aromatic carbocycles. The molecule has 7 N–H and O–H groups in total. The molecule has 10 nitrogen and oxygen atoms in total. The molecule has 3 unspecified atom stereocenters. The lowest BCUT2D eigenvalue weighted by Crippen LogP contribution is -2.54. The number of hydrogen-bond donors (Lipinski definition) is 7. The summed E-state index contributed by atoms with van der Waals surface area (Å²) >= 11 is 5.39. The molecule has 31 heavy (non-hydrogen) atoms. The van der Waals surface area contributed by atoms with Gasteiger partial charge in [-0.15, -0.1) is 0 Å². The first-order chi connectivity index (χ1) is 14.7. The number of carboxylic acid groups (broad SMARTS) is 1. The van der Waals surface area contributed by atoms with E-state index in [1.54, 1.807) is 23.9 Å². The summed E-state index contributed by atoms with van der Waals surface area (Å²) in [4.78, 5) is 47.9. The van der Waals surface area contributed by atoms with Crippen LogP contribution in [0.25, 0.3) is 0 Å². The van der Waals surface area contributed by atoms with Gasteiger partial charge in [0.15, 0.2) is 0 Å². The van der Waals surface area contributed by atoms with Crippen molar-refractivity contribution in [3.05, 3.63) is 29.8 Å². The Morgan fingerprint density at radius 3 is 2.29 bits per heavy atom. The molecule has 0 bridgehead atoms. The summed E-state index contributed by atoms with van der Waals surface area (Å²) in [6, 6.07) is 3.11. The SMILES string of the molecule is CSCCC(N)C(=O)NC(Cc1ccc(O)cc1)C(=O)NCC(=O)NC(CS)C(=O)O. The van der Waals surface area contributed by atoms with Crippen molar-refractivity contribution in [1.29, 1.82) is 0 Å². The highest BCUT2D eigenvalue weighted by Crippen LogP contribution is 2.12. The third-order valence-electron chi connectivity index (χ3n) is 4.22. The lowest BCUT2D eigenvalue weighted by Gasteiger charge is -2.21. The summed E-state index contributed by atoms with van der Waals surface area (Å²) < 4.78 is 0. The summed E-state index contributed by atoms with van der Waals surface area (Å²) in [5.74, 6) is -2.46. The van der Waals surface area contributed by atoms with Gasteiger partial charge < -0.3 is 31.9 Å². The molecule has 172 valence electrons. The van der Waals surface area contributed by atoms with Crippen LogP contribution >= 0.6 is 24.4 Å². The van der Waals surface area contributed by atoms with E-state index in [2.05, 4.69) is 28.6 Å². The normalized spacial score (nSPS) is 13.5. The fraction of sp³-hybridized carbons (Fsp3) is 0.474. The number of nitrogens with two attached hydrogens (primary N) is 1. The highest BCUT2D eigenvalue weighted by Gasteiger charge is 2.25. The number of hydrogen-bond acceptors (Lipinski definition) is 8. The average molecular weight is 473 g/mol. The summed E-state index contributed by atoms with van der Waals surface area (Å²) in [6.45, 7) is -0.475. The number of thioether (sulfide) groups is 1. The Labute approximate surface area is 190 Å². The second kappa shape index (κ2) is 13.8. The Hall–Kier alpha value is -2.44. The standard InChI is InChI=1S/C19H28N4O6S2/c1-31-7-6-13(20)17(26)23-14(8-11-2-4-12(24)5-3-11)18(27)21-9-16(25)22-15(10-30)19(28)29/h2-5,13-15,24,30H,6-10,20H2,1H3,(H,21,27)(H,22,25)(H,23,26)(H,28,29). The Morgan fingerprint density at radius 2 is 1.74 bits per heavy atom. The zero-order chi connectivity index (χ0) is 23.4. The van der Waals surface area contributed by atoms with Crippen LogP contribution in [0.5, 0.6) is 5.75 Å². The zero-order valence-corrected chi connectivity index (χ0v) is 18.7. The van der Waals surface area contributed by atoms with E-state index in [-0.39, 0.29) is 17.9 Å². The molecule has 0 aliphatic heterocycles. The number of phenols is 1. The summed E-state index contributed by atoms with van der Waals surface area (Å²) in [7, 11) is 0. The number of nitrogens with one attached hydrogen (secondary N) is 3. The van der Waals surface area contributed by atoms with Gasteiger partial charge in [-0.2, -0.15) is 24.4 Å². The molecule has 0 fully saturated rings. The minimum Gasteiger partial charge on any atom is -0.508 e. The van der Waals surface area contributed by atoms with Gasteiger partial charge in [0, 0.05) is 12.2 Å². The average Bonchev–Trinajstić information content (AvgIpc) is 2.74. The number of carbonyl (C=O) groups is 4. The molecule has 0 heterocycles. The van der Waals surface area contributed by atoms with Crippen LogP contribution in [-0.2, 0) is 25.6 Å². The first kappa shape index (κ1) is 26.6. The first-order valence-electron chi connectivity index (χ1n) is 9.41. The summed E-state index contributed by atoms with van der Waals surface area (Å²) in [5.41, 5.74) is 6.54. The topological polar surface area (TPSA) is 171 Å². The maximum atomic E-state index is 12.6. The number of thiol groups is 1. The molecule has 0 radical (unpaired) electrons. The van der Waals surface area contributed by atoms with Crippen LogP contribution < -0.4 is 21.7 Å². The number of rotatable bonds is 13. The molecular formula is C19H28N4O6S2. The van der Waals surface area contributed by atoms with Gasteiger partial charge in [-0.25, -0.2) is 4.79 Å². The molecule has 3 amide bonds. The Morgan fingerprint density at radius 1 is 1.10 bits per heavy atom. The predicted octanol–water partition coefficient (Wildman–Crippen LogP) is -0.885. The van der Waals surface area contributed by atoms with Crippen molar-refractivity contribution < 1.29 is 29.4 Å². The van der Waals surface area contributed by atoms with Crippen molar-refractivity contribution in [2.24, 2.45) is 5.73 Å². The molecule has 0 aliphatic carbocycles. The van der Waals surface area contributed by atoms with Gasteiger partial charge in [-0.3, -0.25) is 14.4 Å². The molecule has 1 aromatic rings. The van der Waals surface area contributed by atoms with Gasteiger partial charge in [-0.05, 0) is 36.1 Å². The van der Waals surface area contributed by atoms with Crippen molar-refractivity contribution in [2.45, 2.75) is 31.0 Å². The van der Waals surface area contributed by atoms with E-state index in [1.807, 2.05) is 6.26 Å². The maximum absolute atomic E-state index is 12.6. The van der Waals surface area contributed by atoms with Crippen LogP contribution in [-0.4, -0.2) is 76.3 Å². The lowest BCUT2D eigenvalue weighted by molar-refractivity contribution is -0.141. The van der Waals surface area contributed by atoms with Gasteiger partial charge in [-0.1, -0.05) is 12.1 Å². The second-order valence-electron chi connectivity index (χ2n) is 6.68. The smallest absolute Gasteiger partial charge is 0.327 e. The lowest BCUT2D eigenvalue weighted by atomic mass is 10.0. The van der Waals surface area contributed by atoms with Crippen molar-refractivity contribution >= 4 is 48.1 Å². The van der Waals surface area contributed by atoms with Crippen LogP contribution in [0.1, 0.15) is 12.0 Å². The number of amides is 3. The minimum absolute atomic E-state index is 0.0571. The molecule has 0 aliphatic rings. The van der Waals surface area contributed by atoms with E-state index >= 15 is 0 Å². The van der Waals surface area contributed by atoms with Crippen LogP contribution in [0.15, 0.2) is 24.3 Å². The van der Waals surface area contributed by atoms with Crippen LogP contribution in [0, 0.1) is 0 Å². The number of aliphatic carboxylic acids is 1. The van der Waals surface area contributed by atoms with Gasteiger partial charge >= 0.3 is 5.97 Å². The number of carboxylic acids is 1. The third kappa shape index (κ3) is 9.94. The predicted molar refractivity (Wildman–Crippen MR) is 121 cm³/mol. The highest BCUT2D eigenvalue weighted by atomic mass is 32.2. The summed E-state index contributed by atoms with van der Waals surface area (Å²) in [5, 5.41) is 25.6. The number of aromatic hydroxyl groups is 1. The third-order valence-corrected chi connectivity index (χ3v) is 5.23. The quantitative estimate of drug-likeness (QED) is 0.181. The van der Waals surface area contributed by atoms with Crippen molar-refractivity contribution in [1.82, 2.24) is 16.0 Å². The first-order valence-corrected chi connectivity index (χ1v) is 11.4. The molecule has 0 aromatic heterocycles. The number of benzene rings is 1. The Balaban J connectivity index is 2.80. The van der Waals surface area contributed by atoms with Crippen molar-refractivity contribution in [3.8, 4) is 5.75 Å². The Bertz CT molecular complexity index is 762. The molecule has 0 saturated heterocycles. The second-order valence-corrected chi connectivity index (χ2v) is 8.03. The molecular weight excluding hydrogens is 444 g/mol. The molecule has 12 heteroatoms. The van der Waals surface area contributed by atoms with E-state index in [4.69, 9.17) is 10.8 Å². The van der Waals surface area contributed by atoms with Crippen LogP contribution in [0.3, 0.4) is 0 Å². The van der Waals surface area contributed by atoms with Gasteiger partial charge in [0.1, 0.15) is 17.8 Å². The Kier molecular flexibility index (Phi) is 11.8. The van der Waals surface area contributed by atoms with E-state index in [9.17, 15) is 24.3 Å². The fourth-order valence-corrected chi connectivity index (χ4v) is 3.19. The maximum Gasteiger partial charge on any atom is 0.327 e. The van der Waals surface area contributed by atoms with E-state index < -0.39 is 48.4 Å². The molecule has 3 atom stereocenters. The largest absolute Gasteiger partial charge is 0.508 e. The number of carbonyl (C=O) groups excluding carboxylic acids is 3. The number of phenolic OH excluding ortho intramolecular Hbond substituents is 1. The molecule has 1 rings (SSSR count). The van der Waals surface area contributed by atoms with E-state index in [0.29, 0.717) is 17.7 Å². The monoisotopic (exact) mass is 472 g/mol. The molecule has 0 spiro atoms. The van der Waals surface area contributed by atoms with Gasteiger partial charge in [0.2, 0.25) is 17.7 Å². The van der Waals surface area contributed by atoms with Crippen molar-refractivity contribution in [2.75, 3.05) is 24.3 Å². The fourth-order valence-electron chi connectivity index (χ4n) is 2.45. The zero-order valence-electron chi connectivity index (χ0n) is 17.0. The van der Waals surface area contributed by atoms with Crippen LogP contribution in [0.4, 0.5) is 0 Å².